The van der Waals surface area contributed by atoms with Crippen LogP contribution in [0.25, 0.3) is 0 Å². The lowest BCUT2D eigenvalue weighted by Gasteiger charge is -2.20. The predicted octanol–water partition coefficient (Wildman–Crippen LogP) is 3.89. The Morgan fingerprint density at radius 2 is 2.05 bits per heavy atom. The molecule has 0 saturated carbocycles. The third-order valence-electron chi connectivity index (χ3n) is 3.42. The summed E-state index contributed by atoms with van der Waals surface area (Å²) in [5.74, 6) is 0. The molecular weight excluding hydrogens is 278 g/mol. The maximum atomic E-state index is 4.71. The smallest absolute Gasteiger partial charge is 0.107 e. The number of benzene rings is 1. The molecule has 1 N–H and O–H groups in total. The standard InChI is InChI=1S/C17H25N3S/c1-12(2)18-9-17-19-15(11-21-17)10-20(5)16-7-6-13(3)8-14(16)4/h6-8,11-12,18H,9-10H2,1-5H3. The van der Waals surface area contributed by atoms with E-state index in [1.165, 1.54) is 16.8 Å². The highest BCUT2D eigenvalue weighted by Crippen LogP contribution is 2.22. The summed E-state index contributed by atoms with van der Waals surface area (Å²) in [6.07, 6.45) is 0. The van der Waals surface area contributed by atoms with Crippen molar-refractivity contribution in [2.45, 2.75) is 46.8 Å². The van der Waals surface area contributed by atoms with E-state index in [-0.39, 0.29) is 0 Å². The minimum Gasteiger partial charge on any atom is -0.368 e. The monoisotopic (exact) mass is 303 g/mol. The molecule has 1 aromatic heterocycles. The molecule has 3 nitrogen and oxygen atoms in total. The second-order valence-corrected chi connectivity index (χ2v) is 6.86. The second-order valence-electron chi connectivity index (χ2n) is 5.91. The van der Waals surface area contributed by atoms with E-state index in [4.69, 9.17) is 4.98 Å². The fourth-order valence-corrected chi connectivity index (χ4v) is 3.09. The molecule has 1 heterocycles. The summed E-state index contributed by atoms with van der Waals surface area (Å²) in [4.78, 5) is 6.98. The topological polar surface area (TPSA) is 28.2 Å². The fourth-order valence-electron chi connectivity index (χ4n) is 2.36. The first kappa shape index (κ1) is 16.0. The van der Waals surface area contributed by atoms with E-state index >= 15 is 0 Å². The first-order chi connectivity index (χ1) is 9.95. The van der Waals surface area contributed by atoms with E-state index in [0.29, 0.717) is 6.04 Å². The van der Waals surface area contributed by atoms with Crippen LogP contribution in [0.2, 0.25) is 0 Å². The highest BCUT2D eigenvalue weighted by atomic mass is 32.1. The molecule has 4 heteroatoms. The zero-order valence-corrected chi connectivity index (χ0v) is 14.4. The van der Waals surface area contributed by atoms with Gasteiger partial charge in [0.15, 0.2) is 0 Å². The third kappa shape index (κ3) is 4.55. The van der Waals surface area contributed by atoms with E-state index in [1.807, 2.05) is 0 Å². The summed E-state index contributed by atoms with van der Waals surface area (Å²) in [5, 5.41) is 6.73. The van der Waals surface area contributed by atoms with Gasteiger partial charge < -0.3 is 10.2 Å². The van der Waals surface area contributed by atoms with Gasteiger partial charge >= 0.3 is 0 Å². The van der Waals surface area contributed by atoms with Crippen LogP contribution in [0.3, 0.4) is 0 Å². The Morgan fingerprint density at radius 3 is 2.71 bits per heavy atom. The molecular formula is C17H25N3S. The van der Waals surface area contributed by atoms with Gasteiger partial charge in [0.25, 0.3) is 0 Å². The zero-order chi connectivity index (χ0) is 15.4. The maximum Gasteiger partial charge on any atom is 0.107 e. The fraction of sp³-hybridized carbons (Fsp3) is 0.471. The molecule has 21 heavy (non-hydrogen) atoms. The largest absolute Gasteiger partial charge is 0.368 e. The molecule has 0 aliphatic rings. The van der Waals surface area contributed by atoms with Crippen LogP contribution in [-0.4, -0.2) is 18.1 Å². The number of rotatable bonds is 6. The van der Waals surface area contributed by atoms with Gasteiger partial charge in [0.1, 0.15) is 5.01 Å². The van der Waals surface area contributed by atoms with Crippen molar-refractivity contribution < 1.29 is 0 Å². The quantitative estimate of drug-likeness (QED) is 0.877. The summed E-state index contributed by atoms with van der Waals surface area (Å²) >= 11 is 1.74. The van der Waals surface area contributed by atoms with E-state index in [1.54, 1.807) is 11.3 Å². The van der Waals surface area contributed by atoms with Gasteiger partial charge in [0.2, 0.25) is 0 Å². The van der Waals surface area contributed by atoms with Gasteiger partial charge in [-0.2, -0.15) is 0 Å². The normalized spacial score (nSPS) is 11.1. The van der Waals surface area contributed by atoms with E-state index in [2.05, 4.69) is 68.5 Å². The maximum absolute atomic E-state index is 4.71. The van der Waals surface area contributed by atoms with Crippen molar-refractivity contribution in [1.29, 1.82) is 0 Å². The first-order valence-corrected chi connectivity index (χ1v) is 8.28. The molecule has 2 aromatic rings. The average molecular weight is 303 g/mol. The van der Waals surface area contributed by atoms with Crippen LogP contribution < -0.4 is 10.2 Å². The Morgan fingerprint density at radius 1 is 1.29 bits per heavy atom. The molecule has 0 unspecified atom stereocenters. The first-order valence-electron chi connectivity index (χ1n) is 7.40. The van der Waals surface area contributed by atoms with Gasteiger partial charge in [-0.05, 0) is 25.5 Å². The third-order valence-corrected chi connectivity index (χ3v) is 4.32. The van der Waals surface area contributed by atoms with Crippen LogP contribution in [0.15, 0.2) is 23.6 Å². The van der Waals surface area contributed by atoms with Crippen LogP contribution in [0.5, 0.6) is 0 Å². The van der Waals surface area contributed by atoms with Crippen molar-refractivity contribution in [3.8, 4) is 0 Å². The zero-order valence-electron chi connectivity index (χ0n) is 13.6. The molecule has 114 valence electrons. The predicted molar refractivity (Wildman–Crippen MR) is 92.1 cm³/mol. The number of aromatic nitrogens is 1. The van der Waals surface area contributed by atoms with E-state index in [9.17, 15) is 0 Å². The number of nitrogens with one attached hydrogen (secondary N) is 1. The molecule has 0 atom stereocenters. The van der Waals surface area contributed by atoms with Crippen molar-refractivity contribution in [2.24, 2.45) is 0 Å². The number of thiazole rings is 1. The van der Waals surface area contributed by atoms with Crippen LogP contribution >= 0.6 is 11.3 Å². The van der Waals surface area contributed by atoms with Crippen LogP contribution in [0, 0.1) is 13.8 Å². The Labute approximate surface area is 132 Å². The Hall–Kier alpha value is -1.39. The van der Waals surface area contributed by atoms with Gasteiger partial charge in [-0.25, -0.2) is 4.98 Å². The number of anilines is 1. The van der Waals surface area contributed by atoms with Gasteiger partial charge in [-0.1, -0.05) is 31.5 Å². The van der Waals surface area contributed by atoms with E-state index < -0.39 is 0 Å². The van der Waals surface area contributed by atoms with Gasteiger partial charge in [0.05, 0.1) is 12.2 Å². The summed E-state index contributed by atoms with van der Waals surface area (Å²) in [7, 11) is 2.13. The van der Waals surface area contributed by atoms with Crippen molar-refractivity contribution in [3.05, 3.63) is 45.4 Å². The van der Waals surface area contributed by atoms with Crippen molar-refractivity contribution >= 4 is 17.0 Å². The molecule has 0 aliphatic heterocycles. The summed E-state index contributed by atoms with van der Waals surface area (Å²) < 4.78 is 0. The lowest BCUT2D eigenvalue weighted by Crippen LogP contribution is -2.22. The lowest BCUT2D eigenvalue weighted by molar-refractivity contribution is 0.586. The molecule has 0 radical (unpaired) electrons. The molecule has 0 aliphatic carbocycles. The number of aryl methyl sites for hydroxylation is 2. The Kier molecular flexibility index (Phi) is 5.37. The molecule has 0 bridgehead atoms. The number of hydrogen-bond donors (Lipinski definition) is 1. The molecule has 0 amide bonds. The second kappa shape index (κ2) is 7.05. The van der Waals surface area contributed by atoms with Gasteiger partial charge in [0, 0.05) is 30.7 Å². The van der Waals surface area contributed by atoms with Crippen LogP contribution in [0.4, 0.5) is 5.69 Å². The summed E-state index contributed by atoms with van der Waals surface area (Å²) in [5.41, 5.74) is 5.04. The van der Waals surface area contributed by atoms with Crippen LogP contribution in [0.1, 0.15) is 35.7 Å². The molecule has 0 spiro atoms. The average Bonchev–Trinajstić information content (AvgIpc) is 2.83. The Balaban J connectivity index is 2.00. The summed E-state index contributed by atoms with van der Waals surface area (Å²) in [6, 6.07) is 7.08. The highest BCUT2D eigenvalue weighted by Gasteiger charge is 2.08. The van der Waals surface area contributed by atoms with Crippen molar-refractivity contribution in [2.75, 3.05) is 11.9 Å². The minimum absolute atomic E-state index is 0.496. The lowest BCUT2D eigenvalue weighted by atomic mass is 10.1. The number of nitrogens with zero attached hydrogens (tertiary/aromatic N) is 2. The SMILES string of the molecule is Cc1ccc(N(C)Cc2csc(CNC(C)C)n2)c(C)c1. The molecule has 0 saturated heterocycles. The van der Waals surface area contributed by atoms with E-state index in [0.717, 1.165) is 23.8 Å². The van der Waals surface area contributed by atoms with Gasteiger partial charge in [-0.15, -0.1) is 11.3 Å². The van der Waals surface area contributed by atoms with Gasteiger partial charge in [-0.3, -0.25) is 0 Å². The highest BCUT2D eigenvalue weighted by molar-refractivity contribution is 7.09. The van der Waals surface area contributed by atoms with Crippen LogP contribution in [-0.2, 0) is 13.1 Å². The summed E-state index contributed by atoms with van der Waals surface area (Å²) in [6.45, 7) is 10.3. The van der Waals surface area contributed by atoms with Crippen molar-refractivity contribution in [3.63, 3.8) is 0 Å². The van der Waals surface area contributed by atoms with Crippen molar-refractivity contribution in [1.82, 2.24) is 10.3 Å². The molecule has 1 aromatic carbocycles. The Bertz CT molecular complexity index is 589. The minimum atomic E-state index is 0.496. The molecule has 0 fully saturated rings. The number of hydrogen-bond acceptors (Lipinski definition) is 4. The molecule has 2 rings (SSSR count).